The zero-order valence-corrected chi connectivity index (χ0v) is 20.3. The fourth-order valence-electron chi connectivity index (χ4n) is 4.44. The van der Waals surface area contributed by atoms with E-state index in [-0.39, 0.29) is 30.4 Å². The summed E-state index contributed by atoms with van der Waals surface area (Å²) in [7, 11) is 0. The van der Waals surface area contributed by atoms with Crippen molar-refractivity contribution < 1.29 is 9.53 Å². The summed E-state index contributed by atoms with van der Waals surface area (Å²) in [5, 5.41) is 9.00. The first-order valence-electron chi connectivity index (χ1n) is 11.5. The molecular formula is C26H33ClN4O2. The van der Waals surface area contributed by atoms with E-state index in [1.54, 1.807) is 0 Å². The van der Waals surface area contributed by atoms with Crippen LogP contribution >= 0.6 is 12.4 Å². The maximum Gasteiger partial charge on any atom is 0.202 e. The van der Waals surface area contributed by atoms with Crippen LogP contribution in [0.3, 0.4) is 0 Å². The third-order valence-electron chi connectivity index (χ3n) is 6.62. The highest BCUT2D eigenvalue weighted by molar-refractivity contribution is 5.95. The molecule has 33 heavy (non-hydrogen) atoms. The summed E-state index contributed by atoms with van der Waals surface area (Å²) in [5.74, 6) is 0.160. The second kappa shape index (κ2) is 11.1. The average molecular weight is 469 g/mol. The maximum atomic E-state index is 12.9. The van der Waals surface area contributed by atoms with Gasteiger partial charge in [0.25, 0.3) is 0 Å². The van der Waals surface area contributed by atoms with Crippen LogP contribution in [0, 0.1) is 16.7 Å². The average Bonchev–Trinajstić information content (AvgIpc) is 3.29. The molecule has 176 valence electrons. The lowest BCUT2D eigenvalue weighted by Crippen LogP contribution is -2.37. The van der Waals surface area contributed by atoms with Gasteiger partial charge in [0.15, 0.2) is 5.82 Å². The van der Waals surface area contributed by atoms with Crippen LogP contribution in [-0.4, -0.2) is 53.5 Å². The second-order valence-corrected chi connectivity index (χ2v) is 9.65. The fourth-order valence-corrected chi connectivity index (χ4v) is 4.44. The largest absolute Gasteiger partial charge is 0.379 e. The first-order valence-corrected chi connectivity index (χ1v) is 11.5. The van der Waals surface area contributed by atoms with Gasteiger partial charge in [-0.3, -0.25) is 9.69 Å². The van der Waals surface area contributed by atoms with E-state index in [1.807, 2.05) is 6.07 Å². The number of allylic oxidation sites excluding steroid dienone is 2. The number of halogens is 1. The van der Waals surface area contributed by atoms with Crippen LogP contribution in [-0.2, 0) is 17.6 Å². The monoisotopic (exact) mass is 468 g/mol. The molecule has 1 aromatic carbocycles. The van der Waals surface area contributed by atoms with E-state index in [9.17, 15) is 4.79 Å². The van der Waals surface area contributed by atoms with Crippen LogP contribution in [0.4, 0.5) is 0 Å². The molecule has 1 fully saturated rings. The Labute approximate surface area is 202 Å². The maximum absolute atomic E-state index is 12.9. The third-order valence-corrected chi connectivity index (χ3v) is 6.62. The first kappa shape index (κ1) is 25.2. The van der Waals surface area contributed by atoms with Gasteiger partial charge in [-0.25, -0.2) is 4.98 Å². The molecule has 0 amide bonds. The number of H-pyrrole nitrogens is 1. The Balaban J connectivity index is 0.00000306. The van der Waals surface area contributed by atoms with Crippen LogP contribution in [0.25, 0.3) is 5.57 Å². The smallest absolute Gasteiger partial charge is 0.202 e. The molecule has 7 heteroatoms. The van der Waals surface area contributed by atoms with Gasteiger partial charge in [0.05, 0.1) is 19.4 Å². The summed E-state index contributed by atoms with van der Waals surface area (Å²) < 4.78 is 5.46. The van der Waals surface area contributed by atoms with E-state index in [1.165, 1.54) is 22.9 Å². The zero-order chi connectivity index (χ0) is 22.6. The zero-order valence-electron chi connectivity index (χ0n) is 19.5. The minimum absolute atomic E-state index is 0. The number of carbonyl (C=O) groups is 1. The quantitative estimate of drug-likeness (QED) is 0.600. The van der Waals surface area contributed by atoms with Crippen molar-refractivity contribution in [3.63, 3.8) is 0 Å². The molecule has 1 aliphatic heterocycles. The van der Waals surface area contributed by atoms with Gasteiger partial charge >= 0.3 is 0 Å². The lowest BCUT2D eigenvalue weighted by molar-refractivity contribution is 0.0384. The summed E-state index contributed by atoms with van der Waals surface area (Å²) in [4.78, 5) is 22.2. The molecule has 1 aliphatic carbocycles. The number of nitrogens with zero attached hydrogens (tertiary/aromatic N) is 3. The van der Waals surface area contributed by atoms with Gasteiger partial charge in [0, 0.05) is 26.1 Å². The number of imidazole rings is 1. The van der Waals surface area contributed by atoms with Crippen LogP contribution < -0.4 is 0 Å². The van der Waals surface area contributed by atoms with E-state index in [0.29, 0.717) is 11.1 Å². The fraction of sp³-hybridized carbons (Fsp3) is 0.500. The Kier molecular flexibility index (Phi) is 8.47. The number of rotatable bonds is 7. The predicted octanol–water partition coefficient (Wildman–Crippen LogP) is 4.60. The van der Waals surface area contributed by atoms with Gasteiger partial charge < -0.3 is 9.72 Å². The van der Waals surface area contributed by atoms with Crippen molar-refractivity contribution in [3.8, 4) is 6.07 Å². The second-order valence-electron chi connectivity index (χ2n) is 9.65. The van der Waals surface area contributed by atoms with Crippen molar-refractivity contribution in [2.45, 2.75) is 46.0 Å². The molecule has 2 heterocycles. The number of benzene rings is 1. The number of morpholine rings is 1. The highest BCUT2D eigenvalue weighted by atomic mass is 35.5. The lowest BCUT2D eigenvalue weighted by Gasteiger charge is -2.30. The number of nitrogens with one attached hydrogen (secondary N) is 1. The van der Waals surface area contributed by atoms with Gasteiger partial charge in [0.1, 0.15) is 11.8 Å². The molecule has 0 unspecified atom stereocenters. The standard InChI is InChI=1S/C26H32N4O2.ClH/c1-26(2)8-5-20(6-9-26)23-15-19(7-10-30-11-13-32-14-12-30)3-4-21(23)16-24(31)25-28-18-22(17-27)29-25;/h3-5,15,18H,6-14,16H2,1-2H3,(H,28,29);1H. The van der Waals surface area contributed by atoms with Crippen molar-refractivity contribution >= 4 is 23.8 Å². The molecular weight excluding hydrogens is 436 g/mol. The van der Waals surface area contributed by atoms with Gasteiger partial charge in [-0.1, -0.05) is 38.1 Å². The van der Waals surface area contributed by atoms with Crippen molar-refractivity contribution in [1.29, 1.82) is 5.26 Å². The minimum atomic E-state index is -0.0921. The Morgan fingerprint density at radius 2 is 2.09 bits per heavy atom. The minimum Gasteiger partial charge on any atom is -0.379 e. The number of Topliss-reactive ketones (excluding diaryl/α,β-unsaturated/α-hetero) is 1. The molecule has 0 bridgehead atoms. The number of hydrogen-bond acceptors (Lipinski definition) is 5. The molecule has 6 nitrogen and oxygen atoms in total. The van der Waals surface area contributed by atoms with Gasteiger partial charge in [-0.05, 0) is 53.4 Å². The Bertz CT molecular complexity index is 1040. The summed E-state index contributed by atoms with van der Waals surface area (Å²) in [6.45, 7) is 9.27. The highest BCUT2D eigenvalue weighted by Crippen LogP contribution is 2.39. The van der Waals surface area contributed by atoms with Gasteiger partial charge in [0.2, 0.25) is 5.78 Å². The van der Waals surface area contributed by atoms with Crippen LogP contribution in [0.15, 0.2) is 30.5 Å². The predicted molar refractivity (Wildman–Crippen MR) is 132 cm³/mol. The molecule has 1 N–H and O–H groups in total. The van der Waals surface area contributed by atoms with E-state index in [2.05, 4.69) is 53.0 Å². The topological polar surface area (TPSA) is 82.0 Å². The normalized spacial score (nSPS) is 18.2. The van der Waals surface area contributed by atoms with Crippen molar-refractivity contribution in [2.75, 3.05) is 32.8 Å². The van der Waals surface area contributed by atoms with Crippen molar-refractivity contribution in [2.24, 2.45) is 5.41 Å². The van der Waals surface area contributed by atoms with Crippen LogP contribution in [0.1, 0.15) is 66.1 Å². The molecule has 4 rings (SSSR count). The number of ketones is 1. The third kappa shape index (κ3) is 6.54. The Hall–Kier alpha value is -2.46. The molecule has 0 spiro atoms. The van der Waals surface area contributed by atoms with E-state index < -0.39 is 0 Å². The summed E-state index contributed by atoms with van der Waals surface area (Å²) in [6.07, 6.45) is 8.27. The number of aromatic amines is 1. The number of nitriles is 1. The van der Waals surface area contributed by atoms with E-state index in [4.69, 9.17) is 10.00 Å². The highest BCUT2D eigenvalue weighted by Gasteiger charge is 2.24. The number of hydrogen-bond donors (Lipinski definition) is 1. The summed E-state index contributed by atoms with van der Waals surface area (Å²) in [5.41, 5.74) is 5.52. The molecule has 0 radical (unpaired) electrons. The van der Waals surface area contributed by atoms with E-state index >= 15 is 0 Å². The molecule has 2 aliphatic rings. The molecule has 2 aromatic rings. The first-order chi connectivity index (χ1) is 15.4. The number of carbonyl (C=O) groups excluding carboxylic acids is 1. The van der Waals surface area contributed by atoms with E-state index in [0.717, 1.165) is 64.1 Å². The molecule has 0 saturated carbocycles. The summed E-state index contributed by atoms with van der Waals surface area (Å²) >= 11 is 0. The van der Waals surface area contributed by atoms with Crippen molar-refractivity contribution in [1.82, 2.24) is 14.9 Å². The van der Waals surface area contributed by atoms with Crippen molar-refractivity contribution in [3.05, 3.63) is 58.7 Å². The molecule has 1 saturated heterocycles. The van der Waals surface area contributed by atoms with Crippen LogP contribution in [0.2, 0.25) is 0 Å². The Morgan fingerprint density at radius 3 is 2.76 bits per heavy atom. The number of aromatic nitrogens is 2. The van der Waals surface area contributed by atoms with Gasteiger partial charge in [-0.15, -0.1) is 12.4 Å². The van der Waals surface area contributed by atoms with Gasteiger partial charge in [-0.2, -0.15) is 5.26 Å². The van der Waals surface area contributed by atoms with Crippen LogP contribution in [0.5, 0.6) is 0 Å². The molecule has 1 aromatic heterocycles. The number of ether oxygens (including phenoxy) is 1. The Morgan fingerprint density at radius 1 is 1.30 bits per heavy atom. The SMILES string of the molecule is CC1(C)CC=C(c2cc(CCN3CCOCC3)ccc2CC(=O)c2ncc(C#N)[nH]2)CC1.Cl. The summed E-state index contributed by atoms with van der Waals surface area (Å²) in [6, 6.07) is 8.55. The lowest BCUT2D eigenvalue weighted by atomic mass is 9.76. The molecule has 0 atom stereocenters.